The van der Waals surface area contributed by atoms with Crippen LogP contribution in [0.25, 0.3) is 21.3 Å². The number of hydrogen-bond donors (Lipinski definition) is 2. The Kier molecular flexibility index (Phi) is 9.28. The van der Waals surface area contributed by atoms with Crippen molar-refractivity contribution in [3.63, 3.8) is 0 Å². The Bertz CT molecular complexity index is 2040. The number of sulfone groups is 1. The molecule has 0 fully saturated rings. The van der Waals surface area contributed by atoms with Crippen molar-refractivity contribution in [1.82, 2.24) is 24.6 Å². The summed E-state index contributed by atoms with van der Waals surface area (Å²) >= 11 is 7.21. The molecular formula is C29H28ClN5O7S3. The molecule has 2 heterocycles. The van der Waals surface area contributed by atoms with Crippen molar-refractivity contribution in [2.45, 2.75) is 43.9 Å². The average molecular weight is 690 g/mol. The molecule has 45 heavy (non-hydrogen) atoms. The van der Waals surface area contributed by atoms with Crippen LogP contribution in [-0.2, 0) is 37.1 Å². The molecule has 2 aromatic heterocycles. The lowest BCUT2D eigenvalue weighted by Gasteiger charge is -2.19. The monoisotopic (exact) mass is 689 g/mol. The van der Waals surface area contributed by atoms with Gasteiger partial charge < -0.3 is 9.15 Å². The summed E-state index contributed by atoms with van der Waals surface area (Å²) in [6.45, 7) is 4.22. The molecule has 1 amide bonds. The first kappa shape index (κ1) is 32.5. The van der Waals surface area contributed by atoms with Crippen LogP contribution in [0.15, 0.2) is 77.2 Å². The minimum absolute atomic E-state index is 0.205. The lowest BCUT2D eigenvalue weighted by atomic mass is 10.1. The van der Waals surface area contributed by atoms with Gasteiger partial charge in [0.25, 0.3) is 0 Å². The Morgan fingerprint density at radius 3 is 2.36 bits per heavy atom. The predicted molar refractivity (Wildman–Crippen MR) is 170 cm³/mol. The fraction of sp³-hybridized carbons (Fsp3) is 0.241. The van der Waals surface area contributed by atoms with Crippen LogP contribution in [0, 0.1) is 0 Å². The van der Waals surface area contributed by atoms with Gasteiger partial charge in [0.05, 0.1) is 22.5 Å². The fourth-order valence-electron chi connectivity index (χ4n) is 4.22. The van der Waals surface area contributed by atoms with Crippen molar-refractivity contribution < 1.29 is 30.8 Å². The van der Waals surface area contributed by atoms with Crippen molar-refractivity contribution in [3.8, 4) is 11.1 Å². The normalized spacial score (nSPS) is 13.1. The number of nitrogens with one attached hydrogen (secondary N) is 2. The number of carbonyl (C=O) groups is 1. The molecule has 0 radical (unpaired) electrons. The number of fused-ring (bicyclic) bond motifs is 1. The van der Waals surface area contributed by atoms with E-state index in [1.807, 2.05) is 24.3 Å². The van der Waals surface area contributed by atoms with Gasteiger partial charge in [-0.3, -0.25) is 0 Å². The molecule has 12 nitrogen and oxygen atoms in total. The Hall–Kier alpha value is -3.89. The molecule has 5 rings (SSSR count). The summed E-state index contributed by atoms with van der Waals surface area (Å²) < 4.78 is 67.7. The van der Waals surface area contributed by atoms with Gasteiger partial charge in [-0.2, -0.15) is 13.1 Å². The smallest absolute Gasteiger partial charge is 0.422 e. The maximum atomic E-state index is 13.9. The first-order valence-corrected chi connectivity index (χ1v) is 17.8. The minimum Gasteiger partial charge on any atom is -0.443 e. The van der Waals surface area contributed by atoms with E-state index in [0.29, 0.717) is 16.1 Å². The van der Waals surface area contributed by atoms with Gasteiger partial charge in [0.2, 0.25) is 11.8 Å². The van der Waals surface area contributed by atoms with Crippen molar-refractivity contribution in [1.29, 1.82) is 0 Å². The van der Waals surface area contributed by atoms with Crippen molar-refractivity contribution in [2.75, 3.05) is 0 Å². The highest BCUT2D eigenvalue weighted by atomic mass is 35.5. The zero-order valence-corrected chi connectivity index (χ0v) is 27.4. The Morgan fingerprint density at radius 2 is 1.67 bits per heavy atom. The SMILES string of the molecule is CC(C)(C)OC(=O)NS(=O)(=O)NCc1nnc(C(c2nc3ccc(-c4ccc(Cl)cc4)cc3s2)S(=O)(=O)Cc2ccccc2)o1. The van der Waals surface area contributed by atoms with Crippen LogP contribution in [0.4, 0.5) is 4.79 Å². The van der Waals surface area contributed by atoms with E-state index in [2.05, 4.69) is 19.9 Å². The van der Waals surface area contributed by atoms with Gasteiger partial charge >= 0.3 is 16.3 Å². The molecular weight excluding hydrogens is 662 g/mol. The molecule has 0 bridgehead atoms. The van der Waals surface area contributed by atoms with E-state index in [1.165, 1.54) is 11.3 Å². The summed E-state index contributed by atoms with van der Waals surface area (Å²) in [6, 6.07) is 21.6. The summed E-state index contributed by atoms with van der Waals surface area (Å²) in [5.74, 6) is -0.850. The molecule has 2 N–H and O–H groups in total. The standard InChI is InChI=1S/C29H28ClN5O7S3/c1-29(2,3)42-28(36)35-45(39,40)31-16-24-33-34-26(41-24)25(44(37,38)17-18-7-5-4-6-8-18)27-32-22-14-11-20(15-23(22)43-27)19-9-12-21(30)13-10-19/h4-15,25,31H,16-17H2,1-3H3,(H,35,36). The summed E-state index contributed by atoms with van der Waals surface area (Å²) in [5, 5.41) is 7.20. The summed E-state index contributed by atoms with van der Waals surface area (Å²) in [6.07, 6.45) is -1.18. The zero-order chi connectivity index (χ0) is 32.4. The third kappa shape index (κ3) is 8.43. The van der Waals surface area contributed by atoms with Gasteiger partial charge in [-0.15, -0.1) is 21.5 Å². The van der Waals surface area contributed by atoms with Gasteiger partial charge in [-0.05, 0) is 61.7 Å². The van der Waals surface area contributed by atoms with E-state index in [9.17, 15) is 21.6 Å². The maximum absolute atomic E-state index is 13.9. The molecule has 0 saturated carbocycles. The first-order valence-electron chi connectivity index (χ1n) is 13.4. The summed E-state index contributed by atoms with van der Waals surface area (Å²) in [7, 11) is -8.40. The van der Waals surface area contributed by atoms with E-state index in [-0.39, 0.29) is 22.5 Å². The number of ether oxygens (including phenoxy) is 1. The van der Waals surface area contributed by atoms with Crippen LogP contribution in [0.1, 0.15) is 48.4 Å². The maximum Gasteiger partial charge on any atom is 0.422 e. The fourth-order valence-corrected chi connectivity index (χ4v) is 8.15. The molecule has 0 aliphatic heterocycles. The summed E-state index contributed by atoms with van der Waals surface area (Å²) in [4.78, 5) is 16.5. The number of aromatic nitrogens is 3. The topological polar surface area (TPSA) is 170 Å². The van der Waals surface area contributed by atoms with Gasteiger partial charge in [-0.1, -0.05) is 60.1 Å². The van der Waals surface area contributed by atoms with Crippen molar-refractivity contribution >= 4 is 59.3 Å². The lowest BCUT2D eigenvalue weighted by Crippen LogP contribution is -2.42. The molecule has 3 aromatic carbocycles. The third-order valence-electron chi connectivity index (χ3n) is 6.11. The van der Waals surface area contributed by atoms with E-state index in [0.717, 1.165) is 15.8 Å². The largest absolute Gasteiger partial charge is 0.443 e. The Balaban J connectivity index is 1.45. The van der Waals surface area contributed by atoms with E-state index < -0.39 is 43.5 Å². The van der Waals surface area contributed by atoms with Gasteiger partial charge in [0, 0.05) is 5.02 Å². The van der Waals surface area contributed by atoms with Gasteiger partial charge in [0.1, 0.15) is 10.6 Å². The molecule has 1 atom stereocenters. The molecule has 5 aromatic rings. The third-order valence-corrected chi connectivity index (χ3v) is 10.4. The number of amides is 1. The Labute approximate surface area is 268 Å². The highest BCUT2D eigenvalue weighted by Crippen LogP contribution is 2.38. The highest BCUT2D eigenvalue weighted by Gasteiger charge is 2.37. The summed E-state index contributed by atoms with van der Waals surface area (Å²) in [5.41, 5.74) is 2.03. The first-order chi connectivity index (χ1) is 21.2. The van der Waals surface area contributed by atoms with Gasteiger partial charge in [-0.25, -0.2) is 22.9 Å². The number of nitrogens with zero attached hydrogens (tertiary/aromatic N) is 3. The number of carbonyl (C=O) groups excluding carboxylic acids is 1. The lowest BCUT2D eigenvalue weighted by molar-refractivity contribution is 0.0569. The highest BCUT2D eigenvalue weighted by molar-refractivity contribution is 7.91. The predicted octanol–water partition coefficient (Wildman–Crippen LogP) is 5.56. The van der Waals surface area contributed by atoms with Gasteiger partial charge in [0.15, 0.2) is 15.1 Å². The van der Waals surface area contributed by atoms with Crippen LogP contribution in [0.2, 0.25) is 5.02 Å². The van der Waals surface area contributed by atoms with Crippen LogP contribution >= 0.6 is 22.9 Å². The van der Waals surface area contributed by atoms with Crippen LogP contribution in [0.5, 0.6) is 0 Å². The molecule has 236 valence electrons. The number of thiazole rings is 1. The molecule has 0 aliphatic rings. The number of hydrogen-bond acceptors (Lipinski definition) is 11. The number of halogens is 1. The zero-order valence-electron chi connectivity index (χ0n) is 24.2. The minimum atomic E-state index is -4.37. The van der Waals surface area contributed by atoms with E-state index in [4.69, 9.17) is 20.8 Å². The van der Waals surface area contributed by atoms with Crippen LogP contribution < -0.4 is 9.44 Å². The van der Waals surface area contributed by atoms with Crippen LogP contribution in [-0.4, -0.2) is 43.7 Å². The Morgan fingerprint density at radius 1 is 0.978 bits per heavy atom. The molecule has 0 spiro atoms. The number of benzene rings is 3. The van der Waals surface area contributed by atoms with Crippen molar-refractivity contribution in [3.05, 3.63) is 100 Å². The second-order valence-corrected chi connectivity index (χ2v) is 16.0. The average Bonchev–Trinajstić information content (AvgIpc) is 3.58. The second kappa shape index (κ2) is 12.8. The van der Waals surface area contributed by atoms with Crippen LogP contribution in [0.3, 0.4) is 0 Å². The molecule has 0 saturated heterocycles. The number of rotatable bonds is 10. The second-order valence-electron chi connectivity index (χ2n) is 10.9. The molecule has 0 aliphatic carbocycles. The van der Waals surface area contributed by atoms with E-state index >= 15 is 0 Å². The molecule has 16 heteroatoms. The molecule has 1 unspecified atom stereocenters. The van der Waals surface area contributed by atoms with Crippen molar-refractivity contribution in [2.24, 2.45) is 0 Å². The van der Waals surface area contributed by atoms with E-state index in [1.54, 1.807) is 74.0 Å². The quantitative estimate of drug-likeness (QED) is 0.189.